The molecule has 0 saturated carbocycles. The third-order valence-electron chi connectivity index (χ3n) is 3.75. The maximum atomic E-state index is 12.5. The maximum Gasteiger partial charge on any atom is 0.337 e. The molecule has 1 aliphatic heterocycles. The maximum absolute atomic E-state index is 12.5. The quantitative estimate of drug-likeness (QED) is 0.652. The number of β-amino-alcohol motifs (C(OH)–C–C–N with tert-alkyl or cyclic N) is 1. The molecule has 3 N–H and O–H groups in total. The van der Waals surface area contributed by atoms with Crippen LogP contribution in [-0.4, -0.2) is 58.9 Å². The molecule has 0 aliphatic carbocycles. The number of hydrogen-bond acceptors (Lipinski definition) is 6. The van der Waals surface area contributed by atoms with E-state index in [-0.39, 0.29) is 36.9 Å². The van der Waals surface area contributed by atoms with Gasteiger partial charge in [0.05, 0.1) is 31.5 Å². The van der Waals surface area contributed by atoms with Gasteiger partial charge in [0.1, 0.15) is 15.8 Å². The molecule has 0 unspecified atom stereocenters. The Hall–Kier alpha value is -2.39. The second kappa shape index (κ2) is 6.62. The lowest BCUT2D eigenvalue weighted by atomic mass is 10.2. The number of benzene rings is 1. The normalized spacial score (nSPS) is 14.6. The van der Waals surface area contributed by atoms with Gasteiger partial charge in [-0.25, -0.2) is 4.79 Å². The number of aromatic amines is 1. The number of esters is 1. The number of halogens is 1. The van der Waals surface area contributed by atoms with Crippen LogP contribution in [0.1, 0.15) is 0 Å². The summed E-state index contributed by atoms with van der Waals surface area (Å²) in [4.78, 5) is 25.9. The molecule has 0 saturated heterocycles. The summed E-state index contributed by atoms with van der Waals surface area (Å²) in [7, 11) is 1.26. The summed E-state index contributed by atoms with van der Waals surface area (Å²) in [5.74, 6) is -0.947. The lowest BCUT2D eigenvalue weighted by Gasteiger charge is -2.15. The van der Waals surface area contributed by atoms with Crippen LogP contribution in [0.3, 0.4) is 0 Å². The molecule has 9 heteroatoms. The molecule has 24 heavy (non-hydrogen) atoms. The molecular formula is C15H15BrN4O4. The molecule has 0 radical (unpaired) electrons. The number of H-pyrrole nitrogens is 1. The average Bonchev–Trinajstić information content (AvgIpc) is 3.11. The molecule has 0 fully saturated rings. The van der Waals surface area contributed by atoms with Gasteiger partial charge in [0, 0.05) is 11.9 Å². The Morgan fingerprint density at radius 2 is 2.33 bits per heavy atom. The van der Waals surface area contributed by atoms with Gasteiger partial charge in [0.2, 0.25) is 0 Å². The number of aliphatic hydroxyl groups excluding tert-OH is 1. The number of carbonyl (C=O) groups excluding carboxylic acids is 2. The molecule has 8 nitrogen and oxygen atoms in total. The molecule has 126 valence electrons. The predicted octanol–water partition coefficient (Wildman–Crippen LogP) is 0.999. The molecule has 0 atom stereocenters. The number of methoxy groups -OCH3 is 1. The van der Waals surface area contributed by atoms with Crippen LogP contribution in [0.2, 0.25) is 0 Å². The van der Waals surface area contributed by atoms with Crippen molar-refractivity contribution in [3.05, 3.63) is 34.1 Å². The van der Waals surface area contributed by atoms with Crippen LogP contribution in [0.5, 0.6) is 0 Å². The first kappa shape index (κ1) is 16.5. The zero-order chi connectivity index (χ0) is 17.3. The first-order valence-electron chi connectivity index (χ1n) is 7.18. The van der Waals surface area contributed by atoms with Gasteiger partial charge in [-0.15, -0.1) is 0 Å². The highest BCUT2D eigenvalue weighted by Gasteiger charge is 2.34. The Labute approximate surface area is 145 Å². The summed E-state index contributed by atoms with van der Waals surface area (Å²) in [6.07, 6.45) is 0. The number of nitrogens with zero attached hydrogens (tertiary/aromatic N) is 2. The fourth-order valence-corrected chi connectivity index (χ4v) is 3.00. The highest BCUT2D eigenvalue weighted by molar-refractivity contribution is 9.10. The monoisotopic (exact) mass is 394 g/mol. The fourth-order valence-electron chi connectivity index (χ4n) is 2.59. The summed E-state index contributed by atoms with van der Waals surface area (Å²) in [6.45, 7) is 0.0483. The van der Waals surface area contributed by atoms with Gasteiger partial charge in [-0.2, -0.15) is 5.10 Å². The summed E-state index contributed by atoms with van der Waals surface area (Å²) in [6, 6.07) is 5.45. The molecule has 1 aliphatic rings. The van der Waals surface area contributed by atoms with Crippen molar-refractivity contribution >= 4 is 44.4 Å². The summed E-state index contributed by atoms with van der Waals surface area (Å²) < 4.78 is 5.49. The smallest absolute Gasteiger partial charge is 0.337 e. The lowest BCUT2D eigenvalue weighted by Crippen LogP contribution is -2.31. The Morgan fingerprint density at radius 1 is 1.54 bits per heavy atom. The van der Waals surface area contributed by atoms with Crippen molar-refractivity contribution in [2.75, 3.05) is 32.1 Å². The molecule has 1 aromatic carbocycles. The van der Waals surface area contributed by atoms with E-state index in [0.29, 0.717) is 11.2 Å². The largest absolute Gasteiger partial charge is 0.466 e. The van der Waals surface area contributed by atoms with E-state index in [1.165, 1.54) is 12.0 Å². The van der Waals surface area contributed by atoms with Gasteiger partial charge >= 0.3 is 5.97 Å². The van der Waals surface area contributed by atoms with Crippen LogP contribution < -0.4 is 5.32 Å². The molecular weight excluding hydrogens is 380 g/mol. The predicted molar refractivity (Wildman–Crippen MR) is 90.1 cm³/mol. The van der Waals surface area contributed by atoms with Crippen molar-refractivity contribution in [2.45, 2.75) is 0 Å². The highest BCUT2D eigenvalue weighted by atomic mass is 79.9. The Bertz CT molecular complexity index is 845. The standard InChI is InChI=1S/C15H15BrN4O4/c1-24-15(23)9-7-20(5-6-21)14(22)12(9)17-10-4-2-3-8-11(10)18-19-13(8)16/h2-4,17,21H,5-7H2,1H3,(H,18,19). The fraction of sp³-hybridized carbons (Fsp3) is 0.267. The van der Waals surface area contributed by atoms with E-state index in [4.69, 9.17) is 9.84 Å². The van der Waals surface area contributed by atoms with Crippen LogP contribution in [0.25, 0.3) is 10.9 Å². The van der Waals surface area contributed by atoms with Crippen molar-refractivity contribution in [1.82, 2.24) is 15.1 Å². The third kappa shape index (κ3) is 2.76. The number of fused-ring (bicyclic) bond motifs is 1. The Balaban J connectivity index is 2.01. The minimum Gasteiger partial charge on any atom is -0.466 e. The van der Waals surface area contributed by atoms with Crippen molar-refractivity contribution in [2.24, 2.45) is 0 Å². The van der Waals surface area contributed by atoms with Crippen LogP contribution in [-0.2, 0) is 14.3 Å². The van der Waals surface area contributed by atoms with E-state index < -0.39 is 5.97 Å². The number of carbonyl (C=O) groups is 2. The van der Waals surface area contributed by atoms with Gasteiger partial charge in [-0.05, 0) is 28.1 Å². The zero-order valence-corrected chi connectivity index (χ0v) is 14.4. The van der Waals surface area contributed by atoms with Crippen molar-refractivity contribution in [1.29, 1.82) is 0 Å². The van der Waals surface area contributed by atoms with Crippen LogP contribution in [0, 0.1) is 0 Å². The van der Waals surface area contributed by atoms with Crippen molar-refractivity contribution < 1.29 is 19.4 Å². The van der Waals surface area contributed by atoms with Crippen LogP contribution >= 0.6 is 15.9 Å². The zero-order valence-electron chi connectivity index (χ0n) is 12.8. The molecule has 0 bridgehead atoms. The first-order chi connectivity index (χ1) is 11.6. The third-order valence-corrected chi connectivity index (χ3v) is 4.36. The average molecular weight is 395 g/mol. The molecule has 0 spiro atoms. The molecule has 1 amide bonds. The minimum absolute atomic E-state index is 0.0919. The van der Waals surface area contributed by atoms with E-state index >= 15 is 0 Å². The van der Waals surface area contributed by atoms with E-state index in [0.717, 1.165) is 9.99 Å². The molecule has 1 aromatic heterocycles. The van der Waals surface area contributed by atoms with Crippen molar-refractivity contribution in [3.63, 3.8) is 0 Å². The number of para-hydroxylation sites is 1. The number of nitrogens with one attached hydrogen (secondary N) is 2. The second-order valence-electron chi connectivity index (χ2n) is 5.16. The summed E-state index contributed by atoms with van der Waals surface area (Å²) in [5, 5.41) is 19.9. The van der Waals surface area contributed by atoms with E-state index in [2.05, 4.69) is 31.4 Å². The van der Waals surface area contributed by atoms with Crippen molar-refractivity contribution in [3.8, 4) is 0 Å². The highest BCUT2D eigenvalue weighted by Crippen LogP contribution is 2.29. The lowest BCUT2D eigenvalue weighted by molar-refractivity contribution is -0.136. The minimum atomic E-state index is -0.582. The number of ether oxygens (including phenoxy) is 1. The molecule has 3 rings (SSSR count). The first-order valence-corrected chi connectivity index (χ1v) is 7.97. The summed E-state index contributed by atoms with van der Waals surface area (Å²) >= 11 is 3.37. The number of aliphatic hydroxyl groups is 1. The van der Waals surface area contributed by atoms with E-state index in [9.17, 15) is 9.59 Å². The number of amides is 1. The van der Waals surface area contributed by atoms with Gasteiger partial charge in [-0.3, -0.25) is 9.89 Å². The number of anilines is 1. The van der Waals surface area contributed by atoms with E-state index in [1.54, 1.807) is 6.07 Å². The summed E-state index contributed by atoms with van der Waals surface area (Å²) in [5.41, 5.74) is 1.59. The van der Waals surface area contributed by atoms with Crippen LogP contribution in [0.15, 0.2) is 34.1 Å². The number of rotatable bonds is 5. The number of aromatic nitrogens is 2. The Kier molecular flexibility index (Phi) is 4.54. The SMILES string of the molecule is COC(=O)C1=C(Nc2cccc3c(Br)[nH]nc23)C(=O)N(CCO)C1. The van der Waals surface area contributed by atoms with E-state index in [1.807, 2.05) is 12.1 Å². The van der Waals surface area contributed by atoms with Gasteiger partial charge < -0.3 is 20.1 Å². The number of hydrogen-bond donors (Lipinski definition) is 3. The second-order valence-corrected chi connectivity index (χ2v) is 5.95. The van der Waals surface area contributed by atoms with Crippen LogP contribution in [0.4, 0.5) is 5.69 Å². The molecule has 2 aromatic rings. The topological polar surface area (TPSA) is 108 Å². The van der Waals surface area contributed by atoms with Gasteiger partial charge in [0.25, 0.3) is 5.91 Å². The van der Waals surface area contributed by atoms with Gasteiger partial charge in [0.15, 0.2) is 0 Å². The van der Waals surface area contributed by atoms with Gasteiger partial charge in [-0.1, -0.05) is 6.07 Å². The molecule has 2 heterocycles. The Morgan fingerprint density at radius 3 is 3.04 bits per heavy atom.